The molecule has 1 heterocycles. The molecule has 0 saturated carbocycles. The molecule has 0 unspecified atom stereocenters. The molecule has 0 aliphatic carbocycles. The van der Waals surface area contributed by atoms with Gasteiger partial charge in [0.25, 0.3) is 0 Å². The summed E-state index contributed by atoms with van der Waals surface area (Å²) in [7, 11) is 0. The first-order valence-electron chi connectivity index (χ1n) is 6.34. The molecule has 0 aliphatic rings. The number of nitriles is 1. The number of alkyl halides is 3. The highest BCUT2D eigenvalue weighted by Crippen LogP contribution is 2.39. The van der Waals surface area contributed by atoms with Gasteiger partial charge in [0.1, 0.15) is 0 Å². The highest BCUT2D eigenvalue weighted by molar-refractivity contribution is 7.11. The number of hydrogen-bond acceptors (Lipinski definition) is 3. The normalized spacial score (nSPS) is 12.0. The maximum atomic E-state index is 13.2. The molecule has 2 rings (SSSR count). The fourth-order valence-corrected chi connectivity index (χ4v) is 2.84. The third kappa shape index (κ3) is 3.79. The molecule has 1 aromatic carbocycles. The van der Waals surface area contributed by atoms with Crippen LogP contribution in [0.1, 0.15) is 22.9 Å². The second-order valence-electron chi connectivity index (χ2n) is 4.74. The van der Waals surface area contributed by atoms with Crippen molar-refractivity contribution in [3.8, 4) is 17.2 Å². The van der Waals surface area contributed by atoms with Crippen LogP contribution in [0.2, 0.25) is 0 Å². The van der Waals surface area contributed by atoms with Gasteiger partial charge in [-0.05, 0) is 47.7 Å². The van der Waals surface area contributed by atoms with E-state index in [1.165, 1.54) is 36.6 Å². The molecule has 0 fully saturated rings. The highest BCUT2D eigenvalue weighted by atomic mass is 32.1. The van der Waals surface area contributed by atoms with Crippen LogP contribution >= 0.6 is 11.3 Å². The third-order valence-corrected chi connectivity index (χ3v) is 3.96. The van der Waals surface area contributed by atoms with E-state index in [0.717, 1.165) is 17.4 Å². The molecule has 23 heavy (non-hydrogen) atoms. The van der Waals surface area contributed by atoms with Gasteiger partial charge in [0.05, 0.1) is 17.2 Å². The van der Waals surface area contributed by atoms with Crippen LogP contribution in [0.3, 0.4) is 0 Å². The minimum absolute atomic E-state index is 0.0413. The number of carboxylic acid groups (broad SMARTS) is 1. The van der Waals surface area contributed by atoms with Gasteiger partial charge < -0.3 is 5.11 Å². The van der Waals surface area contributed by atoms with Gasteiger partial charge in [-0.3, -0.25) is 0 Å². The van der Waals surface area contributed by atoms with Crippen molar-refractivity contribution >= 4 is 23.4 Å². The number of aliphatic carboxylic acids is 1. The SMILES string of the molecule is C/C(=C\c1cc(-c2ccc(C#N)cc2C(F)(F)F)cs1)C(=O)O. The maximum Gasteiger partial charge on any atom is 0.417 e. The first-order valence-corrected chi connectivity index (χ1v) is 7.22. The second kappa shape index (κ2) is 6.26. The standard InChI is InChI=1S/C16H10F3NO2S/c1-9(15(21)22)4-12-6-11(8-23-12)13-3-2-10(7-20)5-14(13)16(17,18)19/h2-6,8H,1H3,(H,21,22)/b9-4+. The number of nitrogens with zero attached hydrogens (tertiary/aromatic N) is 1. The summed E-state index contributed by atoms with van der Waals surface area (Å²) in [6.45, 7) is 1.41. The monoisotopic (exact) mass is 337 g/mol. The summed E-state index contributed by atoms with van der Waals surface area (Å²) in [5.41, 5.74) is -0.580. The summed E-state index contributed by atoms with van der Waals surface area (Å²) in [4.78, 5) is 11.3. The molecule has 0 spiro atoms. The molecule has 1 N–H and O–H groups in total. The Morgan fingerprint density at radius 2 is 2.04 bits per heavy atom. The molecule has 118 valence electrons. The van der Waals surface area contributed by atoms with Gasteiger partial charge >= 0.3 is 12.1 Å². The van der Waals surface area contributed by atoms with Crippen molar-refractivity contribution in [2.75, 3.05) is 0 Å². The average molecular weight is 337 g/mol. The van der Waals surface area contributed by atoms with Crippen LogP contribution in [0.15, 0.2) is 35.2 Å². The molecule has 1 aromatic heterocycles. The van der Waals surface area contributed by atoms with Crippen LogP contribution in [0.4, 0.5) is 13.2 Å². The Hall–Kier alpha value is -2.59. The molecule has 0 bridgehead atoms. The Morgan fingerprint density at radius 1 is 1.35 bits per heavy atom. The fourth-order valence-electron chi connectivity index (χ4n) is 1.94. The summed E-state index contributed by atoms with van der Waals surface area (Å²) >= 11 is 1.15. The van der Waals surface area contributed by atoms with Crippen LogP contribution in [0, 0.1) is 11.3 Å². The predicted octanol–water partition coefficient (Wildman–Crippen LogP) is 4.79. The Morgan fingerprint density at radius 3 is 2.61 bits per heavy atom. The zero-order valence-corrected chi connectivity index (χ0v) is 12.6. The molecule has 0 radical (unpaired) electrons. The van der Waals surface area contributed by atoms with Gasteiger partial charge in [-0.2, -0.15) is 18.4 Å². The zero-order valence-electron chi connectivity index (χ0n) is 11.8. The van der Waals surface area contributed by atoms with Crippen LogP contribution in [0.25, 0.3) is 17.2 Å². The molecule has 0 aliphatic heterocycles. The average Bonchev–Trinajstić information content (AvgIpc) is 2.93. The Labute approximate surface area is 133 Å². The number of benzene rings is 1. The molecule has 0 atom stereocenters. The number of hydrogen-bond donors (Lipinski definition) is 1. The van der Waals surface area contributed by atoms with E-state index in [4.69, 9.17) is 10.4 Å². The van der Waals surface area contributed by atoms with Crippen molar-refractivity contribution in [2.45, 2.75) is 13.1 Å². The van der Waals surface area contributed by atoms with Gasteiger partial charge in [0.15, 0.2) is 0 Å². The quantitative estimate of drug-likeness (QED) is 0.819. The lowest BCUT2D eigenvalue weighted by Crippen LogP contribution is -2.07. The van der Waals surface area contributed by atoms with E-state index in [0.29, 0.717) is 10.4 Å². The van der Waals surface area contributed by atoms with E-state index in [9.17, 15) is 18.0 Å². The summed E-state index contributed by atoms with van der Waals surface area (Å²) in [5.74, 6) is -1.09. The van der Waals surface area contributed by atoms with Crippen molar-refractivity contribution in [3.63, 3.8) is 0 Å². The summed E-state index contributed by atoms with van der Waals surface area (Å²) in [6, 6.07) is 6.56. The molecule has 2 aromatic rings. The van der Waals surface area contributed by atoms with Gasteiger partial charge in [0.2, 0.25) is 0 Å². The smallest absolute Gasteiger partial charge is 0.417 e. The van der Waals surface area contributed by atoms with Crippen molar-refractivity contribution in [1.29, 1.82) is 5.26 Å². The first-order chi connectivity index (χ1) is 10.7. The van der Waals surface area contributed by atoms with Gasteiger partial charge in [-0.15, -0.1) is 11.3 Å². The minimum atomic E-state index is -4.59. The maximum absolute atomic E-state index is 13.2. The lowest BCUT2D eigenvalue weighted by molar-refractivity contribution is -0.137. The Bertz CT molecular complexity index is 829. The van der Waals surface area contributed by atoms with Crippen LogP contribution in [-0.4, -0.2) is 11.1 Å². The predicted molar refractivity (Wildman–Crippen MR) is 80.8 cm³/mol. The molecular formula is C16H10F3NO2S. The molecule has 0 saturated heterocycles. The topological polar surface area (TPSA) is 61.1 Å². The molecule has 7 heteroatoms. The van der Waals surface area contributed by atoms with E-state index in [2.05, 4.69) is 0 Å². The second-order valence-corrected chi connectivity index (χ2v) is 5.68. The van der Waals surface area contributed by atoms with E-state index in [1.807, 2.05) is 0 Å². The Balaban J connectivity index is 2.52. The molecule has 3 nitrogen and oxygen atoms in total. The van der Waals surface area contributed by atoms with Gasteiger partial charge in [-0.1, -0.05) is 6.07 Å². The third-order valence-electron chi connectivity index (χ3n) is 3.08. The van der Waals surface area contributed by atoms with E-state index < -0.39 is 17.7 Å². The van der Waals surface area contributed by atoms with E-state index >= 15 is 0 Å². The lowest BCUT2D eigenvalue weighted by atomic mass is 9.99. The highest BCUT2D eigenvalue weighted by Gasteiger charge is 2.34. The van der Waals surface area contributed by atoms with Crippen LogP contribution < -0.4 is 0 Å². The minimum Gasteiger partial charge on any atom is -0.478 e. The van der Waals surface area contributed by atoms with Crippen molar-refractivity contribution in [2.24, 2.45) is 0 Å². The summed E-state index contributed by atoms with van der Waals surface area (Å²) in [6.07, 6.45) is -3.19. The van der Waals surface area contributed by atoms with Crippen molar-refractivity contribution in [3.05, 3.63) is 51.2 Å². The zero-order chi connectivity index (χ0) is 17.2. The van der Waals surface area contributed by atoms with Crippen LogP contribution in [-0.2, 0) is 11.0 Å². The fraction of sp³-hybridized carbons (Fsp3) is 0.125. The number of halogens is 3. The van der Waals surface area contributed by atoms with Gasteiger partial charge in [-0.25, -0.2) is 4.79 Å². The van der Waals surface area contributed by atoms with Crippen molar-refractivity contribution < 1.29 is 23.1 Å². The van der Waals surface area contributed by atoms with Crippen molar-refractivity contribution in [1.82, 2.24) is 0 Å². The van der Waals surface area contributed by atoms with Crippen LogP contribution in [0.5, 0.6) is 0 Å². The first kappa shape index (κ1) is 16.8. The number of carboxylic acids is 1. The molecule has 0 amide bonds. The summed E-state index contributed by atoms with van der Waals surface area (Å²) in [5, 5.41) is 19.1. The van der Waals surface area contributed by atoms with Gasteiger partial charge in [0, 0.05) is 10.5 Å². The Kier molecular flexibility index (Phi) is 4.57. The number of thiophene rings is 1. The van der Waals surface area contributed by atoms with E-state index in [-0.39, 0.29) is 16.7 Å². The summed E-state index contributed by atoms with van der Waals surface area (Å²) < 4.78 is 39.5. The van der Waals surface area contributed by atoms with E-state index in [1.54, 1.807) is 6.07 Å². The number of carbonyl (C=O) groups is 1. The molecular weight excluding hydrogens is 327 g/mol. The largest absolute Gasteiger partial charge is 0.478 e. The number of rotatable bonds is 3. The lowest BCUT2D eigenvalue weighted by Gasteiger charge is -2.12.